The molecule has 0 aromatic heterocycles. The maximum Gasteiger partial charge on any atom is -0.00185 e. The van der Waals surface area contributed by atoms with Crippen molar-refractivity contribution in [2.24, 2.45) is 0 Å². The average molecular weight is 346 g/mol. The van der Waals surface area contributed by atoms with Gasteiger partial charge in [0.25, 0.3) is 0 Å². The molecule has 0 N–H and O–H groups in total. The third kappa shape index (κ3) is 2.37. The van der Waals surface area contributed by atoms with Crippen molar-refractivity contribution in [3.63, 3.8) is 0 Å². The second kappa shape index (κ2) is 5.96. The standard InChI is InChI=1S/C22H20P2/c1-13-11-15-7-3-5-9-17(15)19(21(13)23)20-18-10-6-4-8-16(18)12-14(2)22(20)24/h3-12H,23-24H2,1-2H3. The second-order valence-electron chi connectivity index (χ2n) is 6.41. The van der Waals surface area contributed by atoms with Gasteiger partial charge < -0.3 is 0 Å². The number of hydrogen-bond donors (Lipinski definition) is 0. The Labute approximate surface area is 147 Å². The van der Waals surface area contributed by atoms with Crippen LogP contribution in [0.2, 0.25) is 0 Å². The Hall–Kier alpha value is -1.74. The second-order valence-corrected chi connectivity index (χ2v) is 7.56. The summed E-state index contributed by atoms with van der Waals surface area (Å²) in [5, 5.41) is 7.79. The minimum atomic E-state index is 1.29. The highest BCUT2D eigenvalue weighted by Gasteiger charge is 2.16. The predicted molar refractivity (Wildman–Crippen MR) is 115 cm³/mol. The van der Waals surface area contributed by atoms with E-state index in [2.05, 4.69) is 93.0 Å². The summed E-state index contributed by atoms with van der Waals surface area (Å²) in [6.07, 6.45) is 0. The van der Waals surface area contributed by atoms with Gasteiger partial charge in [0, 0.05) is 0 Å². The van der Waals surface area contributed by atoms with E-state index < -0.39 is 0 Å². The van der Waals surface area contributed by atoms with Gasteiger partial charge in [0.1, 0.15) is 0 Å². The van der Waals surface area contributed by atoms with E-state index in [1.54, 1.807) is 0 Å². The van der Waals surface area contributed by atoms with Crippen LogP contribution in [-0.4, -0.2) is 0 Å². The molecule has 2 atom stereocenters. The molecule has 0 bridgehead atoms. The van der Waals surface area contributed by atoms with Crippen molar-refractivity contribution in [3.8, 4) is 11.1 Å². The van der Waals surface area contributed by atoms with E-state index in [0.29, 0.717) is 0 Å². The van der Waals surface area contributed by atoms with E-state index in [9.17, 15) is 0 Å². The molecule has 4 aromatic carbocycles. The van der Waals surface area contributed by atoms with Crippen molar-refractivity contribution in [2.75, 3.05) is 0 Å². The van der Waals surface area contributed by atoms with E-state index >= 15 is 0 Å². The van der Waals surface area contributed by atoms with Crippen LogP contribution in [0.4, 0.5) is 0 Å². The lowest BCUT2D eigenvalue weighted by atomic mass is 9.91. The zero-order valence-corrected chi connectivity index (χ0v) is 16.2. The molecule has 4 rings (SSSR count). The van der Waals surface area contributed by atoms with Gasteiger partial charge in [0.15, 0.2) is 0 Å². The van der Waals surface area contributed by atoms with Crippen LogP contribution in [0.1, 0.15) is 11.1 Å². The van der Waals surface area contributed by atoms with E-state index in [1.165, 1.54) is 54.4 Å². The fraction of sp³-hybridized carbons (Fsp3) is 0.0909. The van der Waals surface area contributed by atoms with Gasteiger partial charge in [-0.25, -0.2) is 0 Å². The number of benzene rings is 4. The summed E-state index contributed by atoms with van der Waals surface area (Å²) in [4.78, 5) is 0. The molecule has 118 valence electrons. The Morgan fingerprint density at radius 1 is 0.583 bits per heavy atom. The molecule has 0 fully saturated rings. The van der Waals surface area contributed by atoms with Crippen LogP contribution in [0.5, 0.6) is 0 Å². The molecule has 0 aliphatic rings. The van der Waals surface area contributed by atoms with Crippen molar-refractivity contribution in [3.05, 3.63) is 71.8 Å². The van der Waals surface area contributed by atoms with E-state index in [-0.39, 0.29) is 0 Å². The van der Waals surface area contributed by atoms with Crippen molar-refractivity contribution in [1.29, 1.82) is 0 Å². The van der Waals surface area contributed by atoms with Gasteiger partial charge in [-0.05, 0) is 68.3 Å². The highest BCUT2D eigenvalue weighted by molar-refractivity contribution is 7.29. The maximum absolute atomic E-state index is 2.97. The molecule has 0 amide bonds. The van der Waals surface area contributed by atoms with Gasteiger partial charge in [0.05, 0.1) is 0 Å². The molecule has 24 heavy (non-hydrogen) atoms. The average Bonchev–Trinajstić information content (AvgIpc) is 2.58. The van der Waals surface area contributed by atoms with Gasteiger partial charge in [-0.2, -0.15) is 0 Å². The molecule has 0 aliphatic heterocycles. The van der Waals surface area contributed by atoms with E-state index in [1.807, 2.05) is 0 Å². The number of rotatable bonds is 1. The molecule has 0 radical (unpaired) electrons. The fourth-order valence-electron chi connectivity index (χ4n) is 3.55. The summed E-state index contributed by atoms with van der Waals surface area (Å²) in [6, 6.07) is 21.9. The van der Waals surface area contributed by atoms with Crippen LogP contribution >= 0.6 is 18.5 Å². The molecule has 0 nitrogen and oxygen atoms in total. The molecule has 2 heteroatoms. The van der Waals surface area contributed by atoms with Gasteiger partial charge in [-0.1, -0.05) is 60.7 Å². The third-order valence-electron chi connectivity index (χ3n) is 4.84. The molecular weight excluding hydrogens is 326 g/mol. The monoisotopic (exact) mass is 346 g/mol. The van der Waals surface area contributed by atoms with Gasteiger partial charge >= 0.3 is 0 Å². The number of aryl methyl sites for hydroxylation is 2. The Morgan fingerprint density at radius 3 is 1.38 bits per heavy atom. The topological polar surface area (TPSA) is 0 Å². The molecule has 0 spiro atoms. The first-order chi connectivity index (χ1) is 11.6. The van der Waals surface area contributed by atoms with Crippen molar-refractivity contribution < 1.29 is 0 Å². The smallest absolute Gasteiger partial charge is 0.00185 e. The van der Waals surface area contributed by atoms with Gasteiger partial charge in [-0.3, -0.25) is 0 Å². The minimum Gasteiger partial charge on any atom is -0.105 e. The van der Waals surface area contributed by atoms with E-state index in [4.69, 9.17) is 0 Å². The molecule has 0 saturated carbocycles. The Morgan fingerprint density at radius 2 is 0.958 bits per heavy atom. The summed E-state index contributed by atoms with van der Waals surface area (Å²) in [5.41, 5.74) is 5.29. The minimum absolute atomic E-state index is 1.29. The molecule has 0 saturated heterocycles. The van der Waals surface area contributed by atoms with Crippen LogP contribution in [0.25, 0.3) is 32.7 Å². The van der Waals surface area contributed by atoms with Crippen molar-refractivity contribution in [1.82, 2.24) is 0 Å². The maximum atomic E-state index is 2.97. The Bertz CT molecular complexity index is 1000. The SMILES string of the molecule is Cc1cc2ccccc2c(-c2c(P)c(C)cc3ccccc23)c1P. The zero-order chi connectivity index (χ0) is 16.8. The first kappa shape index (κ1) is 15.8. The molecule has 0 heterocycles. The molecule has 0 aliphatic carbocycles. The number of fused-ring (bicyclic) bond motifs is 2. The zero-order valence-electron chi connectivity index (χ0n) is 13.9. The first-order valence-electron chi connectivity index (χ1n) is 8.14. The molecular formula is C22H20P2. The normalized spacial score (nSPS) is 11.3. The largest absolute Gasteiger partial charge is 0.105 e. The molecule has 2 unspecified atom stereocenters. The van der Waals surface area contributed by atoms with Crippen LogP contribution in [0.3, 0.4) is 0 Å². The third-order valence-corrected chi connectivity index (χ3v) is 6.33. The van der Waals surface area contributed by atoms with Crippen LogP contribution in [0, 0.1) is 13.8 Å². The molecule has 4 aromatic rings. The van der Waals surface area contributed by atoms with Crippen LogP contribution in [-0.2, 0) is 0 Å². The lowest BCUT2D eigenvalue weighted by Crippen LogP contribution is -2.10. The van der Waals surface area contributed by atoms with Gasteiger partial charge in [-0.15, -0.1) is 18.5 Å². The van der Waals surface area contributed by atoms with E-state index in [0.717, 1.165) is 0 Å². The van der Waals surface area contributed by atoms with Crippen LogP contribution in [0.15, 0.2) is 60.7 Å². The summed E-state index contributed by atoms with van der Waals surface area (Å²) in [7, 11) is 5.94. The lowest BCUT2D eigenvalue weighted by molar-refractivity contribution is 1.53. The first-order valence-corrected chi connectivity index (χ1v) is 9.29. The number of hydrogen-bond acceptors (Lipinski definition) is 0. The van der Waals surface area contributed by atoms with Gasteiger partial charge in [0.2, 0.25) is 0 Å². The predicted octanol–water partition coefficient (Wildman–Crippen LogP) is 5.28. The lowest BCUT2D eigenvalue weighted by Gasteiger charge is -2.19. The highest BCUT2D eigenvalue weighted by atomic mass is 31.0. The van der Waals surface area contributed by atoms with Crippen LogP contribution < -0.4 is 10.6 Å². The Balaban J connectivity index is 2.26. The Kier molecular flexibility index (Phi) is 3.92. The fourth-order valence-corrected chi connectivity index (χ4v) is 4.31. The van der Waals surface area contributed by atoms with Crippen molar-refractivity contribution in [2.45, 2.75) is 13.8 Å². The summed E-state index contributed by atoms with van der Waals surface area (Å²) in [5.74, 6) is 0. The summed E-state index contributed by atoms with van der Waals surface area (Å²) < 4.78 is 0. The highest BCUT2D eigenvalue weighted by Crippen LogP contribution is 2.35. The van der Waals surface area contributed by atoms with Crippen molar-refractivity contribution >= 4 is 50.6 Å². The summed E-state index contributed by atoms with van der Waals surface area (Å²) >= 11 is 0. The quantitative estimate of drug-likeness (QED) is 0.412. The summed E-state index contributed by atoms with van der Waals surface area (Å²) in [6.45, 7) is 4.39.